The van der Waals surface area contributed by atoms with E-state index in [2.05, 4.69) is 10.1 Å². The number of likely N-dealkylation sites (tertiary alicyclic amines) is 1. The van der Waals surface area contributed by atoms with Crippen LogP contribution in [0.1, 0.15) is 55.6 Å². The number of aromatic nitrogens is 3. The lowest BCUT2D eigenvalue weighted by molar-refractivity contribution is -0.132. The molecule has 10 nitrogen and oxygen atoms in total. The summed E-state index contributed by atoms with van der Waals surface area (Å²) in [6.45, 7) is 4.91. The molecule has 1 saturated heterocycles. The summed E-state index contributed by atoms with van der Waals surface area (Å²) >= 11 is 0. The highest BCUT2D eigenvalue weighted by atomic mass is 16.5. The third kappa shape index (κ3) is 7.14. The normalized spacial score (nSPS) is 16.2. The summed E-state index contributed by atoms with van der Waals surface area (Å²) in [6.07, 6.45) is 9.09. The summed E-state index contributed by atoms with van der Waals surface area (Å²) in [7, 11) is 0. The number of piperidine rings is 1. The topological polar surface area (TPSA) is 133 Å². The van der Waals surface area contributed by atoms with Crippen molar-refractivity contribution >= 4 is 11.8 Å². The number of carbonyl (C=O) groups is 2. The summed E-state index contributed by atoms with van der Waals surface area (Å²) in [6, 6.07) is 9.04. The van der Waals surface area contributed by atoms with E-state index in [0.717, 1.165) is 35.4 Å². The Balaban J connectivity index is 1.16. The number of rotatable bonds is 10. The van der Waals surface area contributed by atoms with Gasteiger partial charge in [0, 0.05) is 43.4 Å². The van der Waals surface area contributed by atoms with Gasteiger partial charge in [0.2, 0.25) is 5.91 Å². The molecule has 10 heteroatoms. The van der Waals surface area contributed by atoms with Crippen LogP contribution in [0.15, 0.2) is 48.9 Å². The molecule has 1 aliphatic heterocycles. The van der Waals surface area contributed by atoms with E-state index in [0.29, 0.717) is 49.9 Å². The quantitative estimate of drug-likeness (QED) is 0.409. The van der Waals surface area contributed by atoms with Gasteiger partial charge in [0.25, 0.3) is 5.91 Å². The summed E-state index contributed by atoms with van der Waals surface area (Å²) in [5.41, 5.74) is 7.39. The van der Waals surface area contributed by atoms with Crippen LogP contribution >= 0.6 is 0 Å². The van der Waals surface area contributed by atoms with Gasteiger partial charge >= 0.3 is 0 Å². The van der Waals surface area contributed by atoms with Crippen molar-refractivity contribution in [2.75, 3.05) is 13.1 Å². The van der Waals surface area contributed by atoms with Crippen LogP contribution in [0.2, 0.25) is 0 Å². The van der Waals surface area contributed by atoms with Crippen LogP contribution in [-0.2, 0) is 17.8 Å². The highest BCUT2D eigenvalue weighted by Gasteiger charge is 2.26. The molecule has 2 fully saturated rings. The maximum Gasteiger partial charge on any atom is 0.252 e. The molecule has 0 radical (unpaired) electrons. The van der Waals surface area contributed by atoms with E-state index >= 15 is 0 Å². The van der Waals surface area contributed by atoms with Gasteiger partial charge in [-0.15, -0.1) is 0 Å². The second-order valence-electron chi connectivity index (χ2n) is 11.0. The highest BCUT2D eigenvalue weighted by molar-refractivity contribution is 5.97. The van der Waals surface area contributed by atoms with E-state index in [1.165, 1.54) is 0 Å². The molecule has 0 atom stereocenters. The summed E-state index contributed by atoms with van der Waals surface area (Å²) in [5, 5.41) is 14.3. The fraction of sp³-hybridized carbons (Fsp3) is 0.448. The van der Waals surface area contributed by atoms with Crippen molar-refractivity contribution in [2.24, 2.45) is 5.73 Å². The molecule has 206 valence electrons. The molecule has 1 aromatic carbocycles. The predicted octanol–water partition coefficient (Wildman–Crippen LogP) is 2.97. The lowest BCUT2D eigenvalue weighted by Gasteiger charge is -2.32. The first-order chi connectivity index (χ1) is 18.6. The number of primary amides is 1. The number of amides is 2. The van der Waals surface area contributed by atoms with Gasteiger partial charge in [0.15, 0.2) is 0 Å². The molecule has 5 rings (SSSR count). The molecule has 0 unspecified atom stereocenters. The van der Waals surface area contributed by atoms with Gasteiger partial charge in [-0.2, -0.15) is 5.10 Å². The number of hydrogen-bond donors (Lipinski definition) is 2. The zero-order valence-corrected chi connectivity index (χ0v) is 22.4. The van der Waals surface area contributed by atoms with Crippen LogP contribution in [-0.4, -0.2) is 67.5 Å². The van der Waals surface area contributed by atoms with Crippen molar-refractivity contribution < 1.29 is 24.2 Å². The third-order valence-electron chi connectivity index (χ3n) is 6.81. The number of aliphatic hydroxyl groups is 1. The summed E-state index contributed by atoms with van der Waals surface area (Å²) in [4.78, 5) is 31.3. The molecule has 2 aromatic heterocycles. The minimum atomic E-state index is -0.896. The molecule has 3 heterocycles. The Morgan fingerprint density at radius 1 is 1.03 bits per heavy atom. The lowest BCUT2D eigenvalue weighted by atomic mass is 10.0. The van der Waals surface area contributed by atoms with Crippen molar-refractivity contribution in [2.45, 2.75) is 70.3 Å². The zero-order chi connectivity index (χ0) is 27.6. The van der Waals surface area contributed by atoms with Gasteiger partial charge in [-0.3, -0.25) is 19.3 Å². The standard InChI is InChI=1S/C29H35N5O5/c1-29(2,37)18-34-17-20(15-32-34)19-3-8-26(25(13-19)28(30)36)39-23-9-11-33(12-10-23)27(35)14-21-4-5-24(16-31-21)38-22-6-7-22/h3-5,8,13,15-17,22-23,37H,6-7,9-12,14,18H2,1-2H3,(H2,30,36). The Hall–Kier alpha value is -3.92. The number of hydrogen-bond acceptors (Lipinski definition) is 7. The van der Waals surface area contributed by atoms with Crippen LogP contribution in [0.5, 0.6) is 11.5 Å². The van der Waals surface area contributed by atoms with E-state index < -0.39 is 11.5 Å². The maximum atomic E-state index is 12.8. The van der Waals surface area contributed by atoms with E-state index in [4.69, 9.17) is 15.2 Å². The largest absolute Gasteiger partial charge is 0.489 e. The summed E-state index contributed by atoms with van der Waals surface area (Å²) in [5.74, 6) is 0.627. The molecule has 0 bridgehead atoms. The number of ether oxygens (including phenoxy) is 2. The summed E-state index contributed by atoms with van der Waals surface area (Å²) < 4.78 is 13.6. The number of benzene rings is 1. The molecule has 3 aromatic rings. The average Bonchev–Trinajstić information content (AvgIpc) is 3.60. The molecule has 0 spiro atoms. The number of nitrogens with zero attached hydrogens (tertiary/aromatic N) is 4. The number of carbonyl (C=O) groups excluding carboxylic acids is 2. The van der Waals surface area contributed by atoms with E-state index in [9.17, 15) is 14.7 Å². The Morgan fingerprint density at radius 2 is 1.77 bits per heavy atom. The van der Waals surface area contributed by atoms with Crippen molar-refractivity contribution in [3.8, 4) is 22.6 Å². The van der Waals surface area contributed by atoms with E-state index in [-0.39, 0.29) is 18.4 Å². The minimum absolute atomic E-state index is 0.0316. The fourth-order valence-electron chi connectivity index (χ4n) is 4.63. The molecule has 1 saturated carbocycles. The van der Waals surface area contributed by atoms with E-state index in [1.807, 2.05) is 29.3 Å². The zero-order valence-electron chi connectivity index (χ0n) is 22.4. The first-order valence-electron chi connectivity index (χ1n) is 13.4. The lowest BCUT2D eigenvalue weighted by Crippen LogP contribution is -2.42. The molecule has 3 N–H and O–H groups in total. The maximum absolute atomic E-state index is 12.8. The molecule has 2 aliphatic rings. The van der Waals surface area contributed by atoms with Crippen LogP contribution in [0.4, 0.5) is 0 Å². The van der Waals surface area contributed by atoms with Gasteiger partial charge < -0.3 is 25.2 Å². The Kier molecular flexibility index (Phi) is 7.56. The van der Waals surface area contributed by atoms with Gasteiger partial charge in [-0.25, -0.2) is 0 Å². The van der Waals surface area contributed by atoms with Crippen molar-refractivity contribution in [3.05, 3.63) is 60.2 Å². The fourth-order valence-corrected chi connectivity index (χ4v) is 4.63. The first kappa shape index (κ1) is 26.7. The SMILES string of the molecule is CC(C)(O)Cn1cc(-c2ccc(OC3CCN(C(=O)Cc4ccc(OC5CC5)cn4)CC3)c(C(N)=O)c2)cn1. The van der Waals surface area contributed by atoms with Crippen LogP contribution < -0.4 is 15.2 Å². The average molecular weight is 534 g/mol. The Morgan fingerprint density at radius 3 is 2.41 bits per heavy atom. The second kappa shape index (κ2) is 11.1. The monoisotopic (exact) mass is 533 g/mol. The van der Waals surface area contributed by atoms with Gasteiger partial charge in [-0.05, 0) is 56.5 Å². The molecule has 1 aliphatic carbocycles. The minimum Gasteiger partial charge on any atom is -0.489 e. The molecule has 2 amide bonds. The van der Waals surface area contributed by atoms with Crippen molar-refractivity contribution in [1.82, 2.24) is 19.7 Å². The van der Waals surface area contributed by atoms with Gasteiger partial charge in [-0.1, -0.05) is 6.07 Å². The van der Waals surface area contributed by atoms with Crippen LogP contribution in [0.25, 0.3) is 11.1 Å². The molecular weight excluding hydrogens is 498 g/mol. The predicted molar refractivity (Wildman–Crippen MR) is 144 cm³/mol. The van der Waals surface area contributed by atoms with Crippen LogP contribution in [0.3, 0.4) is 0 Å². The Bertz CT molecular complexity index is 1320. The van der Waals surface area contributed by atoms with E-state index in [1.54, 1.807) is 43.1 Å². The third-order valence-corrected chi connectivity index (χ3v) is 6.81. The van der Waals surface area contributed by atoms with Gasteiger partial charge in [0.05, 0.1) is 42.6 Å². The van der Waals surface area contributed by atoms with Crippen molar-refractivity contribution in [3.63, 3.8) is 0 Å². The molecular formula is C29H35N5O5. The van der Waals surface area contributed by atoms with Crippen LogP contribution in [0, 0.1) is 0 Å². The van der Waals surface area contributed by atoms with Gasteiger partial charge in [0.1, 0.15) is 17.6 Å². The smallest absolute Gasteiger partial charge is 0.252 e. The first-order valence-corrected chi connectivity index (χ1v) is 13.4. The number of pyridine rings is 1. The van der Waals surface area contributed by atoms with Crippen molar-refractivity contribution in [1.29, 1.82) is 0 Å². The highest BCUT2D eigenvalue weighted by Crippen LogP contribution is 2.29. The Labute approximate surface area is 227 Å². The molecule has 39 heavy (non-hydrogen) atoms. The second-order valence-corrected chi connectivity index (χ2v) is 11.0. The number of nitrogens with two attached hydrogens (primary N) is 1.